The van der Waals surface area contributed by atoms with Crippen LogP contribution in [0.1, 0.15) is 31.2 Å². The molecule has 0 spiro atoms. The second-order valence-electron chi connectivity index (χ2n) is 5.87. The van der Waals surface area contributed by atoms with Gasteiger partial charge in [0.25, 0.3) is 0 Å². The summed E-state index contributed by atoms with van der Waals surface area (Å²) < 4.78 is 0. The Hall–Kier alpha value is -1.39. The first-order chi connectivity index (χ1) is 10.3. The standard InChI is InChI=1S/C17H26N2O2/c20-13-16(12-15-4-2-1-3-5-15)19-17(21)7-6-14-8-10-18-11-9-14/h1-5,14,16,18,20H,6-13H2,(H,19,21)/t16-/m0/s1. The Kier molecular flexibility index (Phi) is 6.70. The summed E-state index contributed by atoms with van der Waals surface area (Å²) in [7, 11) is 0. The van der Waals surface area contributed by atoms with E-state index < -0.39 is 0 Å². The minimum Gasteiger partial charge on any atom is -0.394 e. The lowest BCUT2D eigenvalue weighted by atomic mass is 9.93. The average Bonchev–Trinajstić information content (AvgIpc) is 2.54. The second-order valence-corrected chi connectivity index (χ2v) is 5.87. The largest absolute Gasteiger partial charge is 0.394 e. The monoisotopic (exact) mass is 290 g/mol. The van der Waals surface area contributed by atoms with Gasteiger partial charge < -0.3 is 15.7 Å². The van der Waals surface area contributed by atoms with Crippen molar-refractivity contribution in [3.8, 4) is 0 Å². The summed E-state index contributed by atoms with van der Waals surface area (Å²) in [5.41, 5.74) is 1.13. The lowest BCUT2D eigenvalue weighted by Crippen LogP contribution is -2.39. The Labute approximate surface area is 126 Å². The van der Waals surface area contributed by atoms with E-state index in [9.17, 15) is 9.90 Å². The molecule has 116 valence electrons. The summed E-state index contributed by atoms with van der Waals surface area (Å²) in [5.74, 6) is 0.724. The van der Waals surface area contributed by atoms with Gasteiger partial charge in [0, 0.05) is 6.42 Å². The van der Waals surface area contributed by atoms with Gasteiger partial charge in [0.15, 0.2) is 0 Å². The Morgan fingerprint density at radius 1 is 1.29 bits per heavy atom. The van der Waals surface area contributed by atoms with Gasteiger partial charge in [-0.1, -0.05) is 30.3 Å². The molecule has 0 saturated carbocycles. The summed E-state index contributed by atoms with van der Waals surface area (Å²) in [5, 5.41) is 15.7. The van der Waals surface area contributed by atoms with Crippen LogP contribution in [-0.2, 0) is 11.2 Å². The molecule has 0 bridgehead atoms. The minimum absolute atomic E-state index is 0.0199. The van der Waals surface area contributed by atoms with Crippen LogP contribution >= 0.6 is 0 Å². The highest BCUT2D eigenvalue weighted by molar-refractivity contribution is 5.76. The molecule has 0 unspecified atom stereocenters. The van der Waals surface area contributed by atoms with Crippen molar-refractivity contribution >= 4 is 5.91 Å². The Morgan fingerprint density at radius 2 is 2.00 bits per heavy atom. The smallest absolute Gasteiger partial charge is 0.220 e. The molecule has 3 N–H and O–H groups in total. The van der Waals surface area contributed by atoms with Gasteiger partial charge in [-0.2, -0.15) is 0 Å². The van der Waals surface area contributed by atoms with Crippen LogP contribution in [-0.4, -0.2) is 36.8 Å². The van der Waals surface area contributed by atoms with Crippen molar-refractivity contribution < 1.29 is 9.90 Å². The van der Waals surface area contributed by atoms with E-state index in [0.717, 1.165) is 25.1 Å². The maximum atomic E-state index is 12.0. The fourth-order valence-electron chi connectivity index (χ4n) is 2.87. The quantitative estimate of drug-likeness (QED) is 0.713. The fraction of sp³-hybridized carbons (Fsp3) is 0.588. The van der Waals surface area contributed by atoms with E-state index in [1.54, 1.807) is 0 Å². The Morgan fingerprint density at radius 3 is 2.67 bits per heavy atom. The number of aliphatic hydroxyl groups is 1. The van der Waals surface area contributed by atoms with Crippen LogP contribution in [0.4, 0.5) is 0 Å². The highest BCUT2D eigenvalue weighted by atomic mass is 16.3. The molecule has 1 aromatic carbocycles. The zero-order valence-corrected chi connectivity index (χ0v) is 12.6. The van der Waals surface area contributed by atoms with Gasteiger partial charge in [-0.15, -0.1) is 0 Å². The molecule has 1 aliphatic heterocycles. The summed E-state index contributed by atoms with van der Waals surface area (Å²) in [6.45, 7) is 2.12. The fourth-order valence-corrected chi connectivity index (χ4v) is 2.87. The van der Waals surface area contributed by atoms with E-state index in [2.05, 4.69) is 10.6 Å². The van der Waals surface area contributed by atoms with E-state index in [4.69, 9.17) is 0 Å². The molecule has 2 rings (SSSR count). The Bertz CT molecular complexity index is 416. The van der Waals surface area contributed by atoms with Crippen LogP contribution in [0.2, 0.25) is 0 Å². The van der Waals surface area contributed by atoms with Crippen molar-refractivity contribution in [1.82, 2.24) is 10.6 Å². The molecule has 1 aliphatic rings. The number of carbonyl (C=O) groups excluding carboxylic acids is 1. The van der Waals surface area contributed by atoms with Gasteiger partial charge in [-0.3, -0.25) is 4.79 Å². The normalized spacial score (nSPS) is 17.4. The van der Waals surface area contributed by atoms with Gasteiger partial charge >= 0.3 is 0 Å². The molecule has 4 nitrogen and oxygen atoms in total. The van der Waals surface area contributed by atoms with Crippen molar-refractivity contribution in [2.24, 2.45) is 5.92 Å². The van der Waals surface area contributed by atoms with Crippen LogP contribution in [0.15, 0.2) is 30.3 Å². The molecule has 0 radical (unpaired) electrons. The van der Waals surface area contributed by atoms with Crippen LogP contribution in [0.5, 0.6) is 0 Å². The highest BCUT2D eigenvalue weighted by Crippen LogP contribution is 2.17. The number of piperidine rings is 1. The predicted molar refractivity (Wildman–Crippen MR) is 84.0 cm³/mol. The van der Waals surface area contributed by atoms with E-state index in [1.807, 2.05) is 30.3 Å². The van der Waals surface area contributed by atoms with Gasteiger partial charge in [0.2, 0.25) is 5.91 Å². The number of hydrogen-bond acceptors (Lipinski definition) is 3. The highest BCUT2D eigenvalue weighted by Gasteiger charge is 2.16. The molecular weight excluding hydrogens is 264 g/mol. The summed E-state index contributed by atoms with van der Waals surface area (Å²) >= 11 is 0. The van der Waals surface area contributed by atoms with E-state index in [1.165, 1.54) is 12.8 Å². The van der Waals surface area contributed by atoms with Crippen LogP contribution in [0.25, 0.3) is 0 Å². The first-order valence-electron chi connectivity index (χ1n) is 7.93. The maximum absolute atomic E-state index is 12.0. The third-order valence-corrected chi connectivity index (χ3v) is 4.15. The van der Waals surface area contributed by atoms with Gasteiger partial charge in [0.05, 0.1) is 12.6 Å². The first-order valence-corrected chi connectivity index (χ1v) is 7.93. The summed E-state index contributed by atoms with van der Waals surface area (Å²) in [6.07, 6.45) is 4.53. The van der Waals surface area contributed by atoms with Crippen LogP contribution < -0.4 is 10.6 Å². The number of amides is 1. The van der Waals surface area contributed by atoms with E-state index >= 15 is 0 Å². The maximum Gasteiger partial charge on any atom is 0.220 e. The molecule has 1 heterocycles. The SMILES string of the molecule is O=C(CCC1CCNCC1)N[C@H](CO)Cc1ccccc1. The predicted octanol–water partition coefficient (Wildman–Crippen LogP) is 1.49. The zero-order chi connectivity index (χ0) is 14.9. The molecule has 1 fully saturated rings. The Balaban J connectivity index is 1.71. The lowest BCUT2D eigenvalue weighted by molar-refractivity contribution is -0.122. The first kappa shape index (κ1) is 16.0. The van der Waals surface area contributed by atoms with Crippen molar-refractivity contribution in [3.05, 3.63) is 35.9 Å². The van der Waals surface area contributed by atoms with E-state index in [0.29, 0.717) is 18.8 Å². The van der Waals surface area contributed by atoms with Crippen molar-refractivity contribution in [1.29, 1.82) is 0 Å². The molecule has 1 aromatic rings. The molecule has 21 heavy (non-hydrogen) atoms. The van der Waals surface area contributed by atoms with Crippen molar-refractivity contribution in [2.45, 2.75) is 38.1 Å². The summed E-state index contributed by atoms with van der Waals surface area (Å²) in [4.78, 5) is 12.0. The molecule has 0 aliphatic carbocycles. The average molecular weight is 290 g/mol. The van der Waals surface area contributed by atoms with Gasteiger partial charge in [0.1, 0.15) is 0 Å². The molecular formula is C17H26N2O2. The number of hydrogen-bond donors (Lipinski definition) is 3. The third-order valence-electron chi connectivity index (χ3n) is 4.15. The summed E-state index contributed by atoms with van der Waals surface area (Å²) in [6, 6.07) is 9.77. The molecule has 1 saturated heterocycles. The molecule has 1 amide bonds. The van der Waals surface area contributed by atoms with Gasteiger partial charge in [-0.25, -0.2) is 0 Å². The van der Waals surface area contributed by atoms with Crippen LogP contribution in [0, 0.1) is 5.92 Å². The number of carbonyl (C=O) groups is 1. The molecule has 0 aromatic heterocycles. The third kappa shape index (κ3) is 5.86. The number of aliphatic hydroxyl groups excluding tert-OH is 1. The number of benzene rings is 1. The lowest BCUT2D eigenvalue weighted by Gasteiger charge is -2.23. The number of rotatable bonds is 7. The second kappa shape index (κ2) is 8.80. The molecule has 4 heteroatoms. The van der Waals surface area contributed by atoms with Crippen molar-refractivity contribution in [2.75, 3.05) is 19.7 Å². The van der Waals surface area contributed by atoms with Crippen LogP contribution in [0.3, 0.4) is 0 Å². The van der Waals surface area contributed by atoms with Gasteiger partial charge in [-0.05, 0) is 50.3 Å². The van der Waals surface area contributed by atoms with Crippen molar-refractivity contribution in [3.63, 3.8) is 0 Å². The van der Waals surface area contributed by atoms with E-state index in [-0.39, 0.29) is 18.6 Å². The minimum atomic E-state index is -0.187. The topological polar surface area (TPSA) is 61.4 Å². The molecule has 1 atom stereocenters. The number of nitrogens with one attached hydrogen (secondary N) is 2. The zero-order valence-electron chi connectivity index (χ0n) is 12.6.